The zero-order valence-electron chi connectivity index (χ0n) is 14.2. The highest BCUT2D eigenvalue weighted by Gasteiger charge is 2.44. The molecule has 26 heavy (non-hydrogen) atoms. The van der Waals surface area contributed by atoms with Crippen molar-refractivity contribution < 1.29 is 14.0 Å². The van der Waals surface area contributed by atoms with Gasteiger partial charge in [0.05, 0.1) is 5.69 Å². The molecule has 134 valence electrons. The van der Waals surface area contributed by atoms with E-state index in [4.69, 9.17) is 11.6 Å². The zero-order chi connectivity index (χ0) is 18.7. The molecule has 3 rings (SSSR count). The normalized spacial score (nSPS) is 20.0. The predicted molar refractivity (Wildman–Crippen MR) is 100 cm³/mol. The standard InChI is InChI=1S/C20H18ClFN2O2/c1-24-12-15(14-6-4-5-13(11-14)9-10-21)18(20(24)26)19(25)23-17-8-3-2-7-16(17)22/h2-11,15,18H,12H2,1H3,(H,23,25)/b10-9+. The smallest absolute Gasteiger partial charge is 0.237 e. The molecule has 0 radical (unpaired) electrons. The Labute approximate surface area is 156 Å². The van der Waals surface area contributed by atoms with Crippen molar-refractivity contribution in [1.29, 1.82) is 0 Å². The van der Waals surface area contributed by atoms with Crippen LogP contribution in [0.15, 0.2) is 54.1 Å². The highest BCUT2D eigenvalue weighted by molar-refractivity contribution is 6.27. The molecule has 2 atom stereocenters. The van der Waals surface area contributed by atoms with E-state index in [2.05, 4.69) is 5.32 Å². The SMILES string of the molecule is CN1CC(c2cccc(/C=C/Cl)c2)C(C(=O)Nc2ccccc2F)C1=O. The molecule has 1 fully saturated rings. The molecule has 0 saturated carbocycles. The summed E-state index contributed by atoms with van der Waals surface area (Å²) in [5.74, 6) is -2.54. The van der Waals surface area contributed by atoms with E-state index in [1.807, 2.05) is 24.3 Å². The zero-order valence-corrected chi connectivity index (χ0v) is 14.9. The number of rotatable bonds is 4. The molecular weight excluding hydrogens is 355 g/mol. The molecule has 1 N–H and O–H groups in total. The minimum atomic E-state index is -0.908. The van der Waals surface area contributed by atoms with Crippen molar-refractivity contribution in [3.63, 3.8) is 0 Å². The maximum absolute atomic E-state index is 13.8. The van der Waals surface area contributed by atoms with Crippen LogP contribution in [-0.2, 0) is 9.59 Å². The van der Waals surface area contributed by atoms with Crippen LogP contribution in [0.3, 0.4) is 0 Å². The second-order valence-electron chi connectivity index (χ2n) is 6.23. The fourth-order valence-electron chi connectivity index (χ4n) is 3.23. The Morgan fingerprint density at radius 1 is 1.27 bits per heavy atom. The first-order chi connectivity index (χ1) is 12.5. The van der Waals surface area contributed by atoms with Gasteiger partial charge in [-0.3, -0.25) is 9.59 Å². The maximum Gasteiger partial charge on any atom is 0.237 e. The number of carbonyl (C=O) groups excluding carboxylic acids is 2. The third kappa shape index (κ3) is 3.63. The summed E-state index contributed by atoms with van der Waals surface area (Å²) >= 11 is 5.64. The van der Waals surface area contributed by atoms with Gasteiger partial charge >= 0.3 is 0 Å². The minimum absolute atomic E-state index is 0.0671. The number of anilines is 1. The highest BCUT2D eigenvalue weighted by atomic mass is 35.5. The lowest BCUT2D eigenvalue weighted by Gasteiger charge is -2.17. The number of hydrogen-bond acceptors (Lipinski definition) is 2. The molecule has 4 nitrogen and oxygen atoms in total. The first-order valence-electron chi connectivity index (χ1n) is 8.18. The molecule has 2 amide bonds. The Morgan fingerprint density at radius 3 is 2.77 bits per heavy atom. The summed E-state index contributed by atoms with van der Waals surface area (Å²) in [6, 6.07) is 13.4. The van der Waals surface area contributed by atoms with Gasteiger partial charge in [-0.1, -0.05) is 48.0 Å². The number of amides is 2. The van der Waals surface area contributed by atoms with Gasteiger partial charge in [-0.05, 0) is 29.3 Å². The number of nitrogens with zero attached hydrogens (tertiary/aromatic N) is 1. The molecule has 1 heterocycles. The second kappa shape index (κ2) is 7.70. The Hall–Kier alpha value is -2.66. The second-order valence-corrected chi connectivity index (χ2v) is 6.49. The number of likely N-dealkylation sites (N-methyl/N-ethyl adjacent to an activating group) is 1. The van der Waals surface area contributed by atoms with E-state index < -0.39 is 17.6 Å². The molecular formula is C20H18ClFN2O2. The van der Waals surface area contributed by atoms with Crippen LogP contribution >= 0.6 is 11.6 Å². The summed E-state index contributed by atoms with van der Waals surface area (Å²) in [4.78, 5) is 26.8. The fourth-order valence-corrected chi connectivity index (χ4v) is 3.38. The van der Waals surface area contributed by atoms with Gasteiger partial charge in [0, 0.05) is 25.0 Å². The molecule has 0 aliphatic carbocycles. The predicted octanol–water partition coefficient (Wildman–Crippen LogP) is 3.85. The van der Waals surface area contributed by atoms with Gasteiger partial charge in [-0.15, -0.1) is 0 Å². The van der Waals surface area contributed by atoms with Gasteiger partial charge in [0.25, 0.3) is 0 Å². The van der Waals surface area contributed by atoms with Crippen molar-refractivity contribution in [2.45, 2.75) is 5.92 Å². The number of benzene rings is 2. The summed E-state index contributed by atoms with van der Waals surface area (Å²) < 4.78 is 13.8. The number of carbonyl (C=O) groups is 2. The number of halogens is 2. The van der Waals surface area contributed by atoms with Crippen LogP contribution in [-0.4, -0.2) is 30.3 Å². The van der Waals surface area contributed by atoms with Gasteiger partial charge in [0.1, 0.15) is 11.7 Å². The molecule has 0 spiro atoms. The largest absolute Gasteiger partial charge is 0.344 e. The van der Waals surface area contributed by atoms with Gasteiger partial charge in [0.15, 0.2) is 0 Å². The van der Waals surface area contributed by atoms with E-state index >= 15 is 0 Å². The van der Waals surface area contributed by atoms with Crippen LogP contribution in [0.2, 0.25) is 0 Å². The Balaban J connectivity index is 1.90. The molecule has 1 aliphatic heterocycles. The lowest BCUT2D eigenvalue weighted by Crippen LogP contribution is -2.33. The highest BCUT2D eigenvalue weighted by Crippen LogP contribution is 2.34. The molecule has 2 aromatic carbocycles. The van der Waals surface area contributed by atoms with E-state index in [1.54, 1.807) is 19.2 Å². The lowest BCUT2D eigenvalue weighted by molar-refractivity contribution is -0.135. The van der Waals surface area contributed by atoms with E-state index in [0.29, 0.717) is 6.54 Å². The van der Waals surface area contributed by atoms with E-state index in [0.717, 1.165) is 11.1 Å². The lowest BCUT2D eigenvalue weighted by atomic mass is 9.87. The number of likely N-dealkylation sites (tertiary alicyclic amines) is 1. The fraction of sp³-hybridized carbons (Fsp3) is 0.200. The molecule has 0 aromatic heterocycles. The Morgan fingerprint density at radius 2 is 2.04 bits per heavy atom. The van der Waals surface area contributed by atoms with Crippen molar-refractivity contribution >= 4 is 35.2 Å². The van der Waals surface area contributed by atoms with Gasteiger partial charge in [-0.25, -0.2) is 4.39 Å². The molecule has 0 bridgehead atoms. The first-order valence-corrected chi connectivity index (χ1v) is 8.62. The van der Waals surface area contributed by atoms with Crippen LogP contribution < -0.4 is 5.32 Å². The molecule has 6 heteroatoms. The van der Waals surface area contributed by atoms with Crippen molar-refractivity contribution in [3.8, 4) is 0 Å². The van der Waals surface area contributed by atoms with Gasteiger partial charge in [0.2, 0.25) is 11.8 Å². The molecule has 2 unspecified atom stereocenters. The quantitative estimate of drug-likeness (QED) is 0.829. The maximum atomic E-state index is 13.8. The van der Waals surface area contributed by atoms with Crippen LogP contribution in [0.4, 0.5) is 10.1 Å². The van der Waals surface area contributed by atoms with Crippen LogP contribution in [0.25, 0.3) is 6.08 Å². The van der Waals surface area contributed by atoms with E-state index in [1.165, 1.54) is 28.6 Å². The summed E-state index contributed by atoms with van der Waals surface area (Å²) in [6.07, 6.45) is 1.74. The summed E-state index contributed by atoms with van der Waals surface area (Å²) in [6.45, 7) is 0.419. The first kappa shape index (κ1) is 18.1. The van der Waals surface area contributed by atoms with Gasteiger partial charge in [-0.2, -0.15) is 0 Å². The van der Waals surface area contributed by atoms with Gasteiger partial charge < -0.3 is 10.2 Å². The number of para-hydroxylation sites is 1. The van der Waals surface area contributed by atoms with Crippen LogP contribution in [0.5, 0.6) is 0 Å². The van der Waals surface area contributed by atoms with E-state index in [-0.39, 0.29) is 17.5 Å². The minimum Gasteiger partial charge on any atom is -0.344 e. The van der Waals surface area contributed by atoms with Crippen molar-refractivity contribution in [2.75, 3.05) is 18.9 Å². The van der Waals surface area contributed by atoms with Crippen LogP contribution in [0.1, 0.15) is 17.0 Å². The monoisotopic (exact) mass is 372 g/mol. The summed E-state index contributed by atoms with van der Waals surface area (Å²) in [7, 11) is 1.66. The van der Waals surface area contributed by atoms with Crippen molar-refractivity contribution in [2.24, 2.45) is 5.92 Å². The van der Waals surface area contributed by atoms with Crippen molar-refractivity contribution in [3.05, 3.63) is 71.0 Å². The van der Waals surface area contributed by atoms with E-state index in [9.17, 15) is 14.0 Å². The number of nitrogens with one attached hydrogen (secondary N) is 1. The Bertz CT molecular complexity index is 868. The average Bonchev–Trinajstić information content (AvgIpc) is 2.93. The average molecular weight is 373 g/mol. The molecule has 1 aliphatic rings. The van der Waals surface area contributed by atoms with Crippen LogP contribution in [0, 0.1) is 11.7 Å². The summed E-state index contributed by atoms with van der Waals surface area (Å²) in [5.41, 5.74) is 3.22. The Kier molecular flexibility index (Phi) is 5.38. The third-order valence-corrected chi connectivity index (χ3v) is 4.65. The molecule has 1 saturated heterocycles. The van der Waals surface area contributed by atoms with Crippen molar-refractivity contribution in [1.82, 2.24) is 4.90 Å². The molecule has 2 aromatic rings. The third-order valence-electron chi connectivity index (χ3n) is 4.52. The topological polar surface area (TPSA) is 49.4 Å². The summed E-state index contributed by atoms with van der Waals surface area (Å²) in [5, 5.41) is 2.55. The number of hydrogen-bond donors (Lipinski definition) is 1.